The summed E-state index contributed by atoms with van der Waals surface area (Å²) < 4.78 is 0. The predicted molar refractivity (Wildman–Crippen MR) is 70.0 cm³/mol. The van der Waals surface area contributed by atoms with E-state index in [4.69, 9.17) is 5.11 Å². The molecule has 1 amide bonds. The molecule has 0 spiro atoms. The molecule has 0 saturated carbocycles. The first kappa shape index (κ1) is 13.2. The van der Waals surface area contributed by atoms with Crippen LogP contribution in [0.2, 0.25) is 0 Å². The second-order valence-electron chi connectivity index (χ2n) is 3.74. The van der Waals surface area contributed by atoms with Crippen LogP contribution < -0.4 is 5.32 Å². The normalized spacial score (nSPS) is 10.1. The molecule has 2 N–H and O–H groups in total. The second kappa shape index (κ2) is 6.05. The molecule has 0 unspecified atom stereocenters. The Morgan fingerprint density at radius 3 is 2.84 bits per heavy atom. The smallest absolute Gasteiger partial charge is 0.309 e. The first-order chi connectivity index (χ1) is 9.13. The highest BCUT2D eigenvalue weighted by molar-refractivity contribution is 7.09. The number of nitrogens with zero attached hydrogens (tertiary/aromatic N) is 2. The van der Waals surface area contributed by atoms with E-state index >= 15 is 0 Å². The fourth-order valence-electron chi connectivity index (χ4n) is 1.43. The number of thiazole rings is 1. The molecular weight excluding hydrogens is 266 g/mol. The van der Waals surface area contributed by atoms with Crippen LogP contribution in [0.5, 0.6) is 0 Å². The van der Waals surface area contributed by atoms with E-state index in [9.17, 15) is 9.59 Å². The van der Waals surface area contributed by atoms with E-state index in [0.717, 1.165) is 0 Å². The van der Waals surface area contributed by atoms with Crippen molar-refractivity contribution >= 4 is 29.0 Å². The maximum Gasteiger partial charge on any atom is 0.309 e. The van der Waals surface area contributed by atoms with E-state index in [0.29, 0.717) is 16.5 Å². The van der Waals surface area contributed by atoms with Gasteiger partial charge in [0, 0.05) is 11.6 Å². The Bertz CT molecular complexity index is 583. The number of hydrogen-bond acceptors (Lipinski definition) is 5. The summed E-state index contributed by atoms with van der Waals surface area (Å²) in [7, 11) is 0. The minimum Gasteiger partial charge on any atom is -0.481 e. The summed E-state index contributed by atoms with van der Waals surface area (Å²) in [6, 6.07) is 5.22. The Balaban J connectivity index is 1.92. The molecule has 0 aliphatic heterocycles. The number of carboxylic acids is 1. The van der Waals surface area contributed by atoms with Crippen LogP contribution in [0.4, 0.5) is 5.82 Å². The minimum absolute atomic E-state index is 0.112. The van der Waals surface area contributed by atoms with Crippen LogP contribution in [-0.2, 0) is 22.4 Å². The van der Waals surface area contributed by atoms with Gasteiger partial charge in [0.2, 0.25) is 5.91 Å². The van der Waals surface area contributed by atoms with Crippen LogP contribution in [0.25, 0.3) is 0 Å². The average Bonchev–Trinajstić information content (AvgIpc) is 2.76. The average molecular weight is 277 g/mol. The van der Waals surface area contributed by atoms with Crippen molar-refractivity contribution in [2.75, 3.05) is 5.32 Å². The van der Waals surface area contributed by atoms with Crippen LogP contribution in [0.15, 0.2) is 29.8 Å². The van der Waals surface area contributed by atoms with Crippen molar-refractivity contribution in [3.05, 3.63) is 40.5 Å². The van der Waals surface area contributed by atoms with Gasteiger partial charge in [0.25, 0.3) is 0 Å². The predicted octanol–water partition coefficient (Wildman–Crippen LogP) is 1.35. The number of aromatic nitrogens is 2. The van der Waals surface area contributed by atoms with Crippen LogP contribution in [0.3, 0.4) is 0 Å². The van der Waals surface area contributed by atoms with Crippen LogP contribution >= 0.6 is 11.3 Å². The Labute approximate surface area is 113 Å². The van der Waals surface area contributed by atoms with Gasteiger partial charge < -0.3 is 10.4 Å². The van der Waals surface area contributed by atoms with Gasteiger partial charge in [-0.2, -0.15) is 0 Å². The lowest BCUT2D eigenvalue weighted by atomic mass is 10.3. The molecule has 0 atom stereocenters. The summed E-state index contributed by atoms with van der Waals surface area (Å²) in [6.45, 7) is 0. The first-order valence-corrected chi connectivity index (χ1v) is 6.37. The number of hydrogen-bond donors (Lipinski definition) is 2. The molecule has 98 valence electrons. The molecule has 2 rings (SSSR count). The second-order valence-corrected chi connectivity index (χ2v) is 4.69. The van der Waals surface area contributed by atoms with Crippen LogP contribution in [-0.4, -0.2) is 27.0 Å². The SMILES string of the molecule is O=C(O)Cc1csc(CC(=O)Nc2ccccn2)n1. The van der Waals surface area contributed by atoms with Crippen LogP contribution in [0.1, 0.15) is 10.7 Å². The van der Waals surface area contributed by atoms with Gasteiger partial charge in [-0.05, 0) is 12.1 Å². The fraction of sp³-hybridized carbons (Fsp3) is 0.167. The lowest BCUT2D eigenvalue weighted by Crippen LogP contribution is -2.15. The monoisotopic (exact) mass is 277 g/mol. The molecule has 0 saturated heterocycles. The lowest BCUT2D eigenvalue weighted by Gasteiger charge is -2.01. The topological polar surface area (TPSA) is 92.2 Å². The molecular formula is C12H11N3O3S. The molecule has 0 bridgehead atoms. The quantitative estimate of drug-likeness (QED) is 0.860. The highest BCUT2D eigenvalue weighted by Crippen LogP contribution is 2.12. The van der Waals surface area contributed by atoms with Gasteiger partial charge in [-0.1, -0.05) is 6.07 Å². The summed E-state index contributed by atoms with van der Waals surface area (Å²) in [6.07, 6.45) is 1.57. The standard InChI is InChI=1S/C12H11N3O3S/c16-10(15-9-3-1-2-4-13-9)6-11-14-8(7-19-11)5-12(17)18/h1-4,7H,5-6H2,(H,17,18)(H,13,15,16). The van der Waals surface area contributed by atoms with Gasteiger partial charge in [-0.15, -0.1) is 11.3 Å². The van der Waals surface area contributed by atoms with Gasteiger partial charge in [0.05, 0.1) is 18.5 Å². The number of carboxylic acid groups (broad SMARTS) is 1. The molecule has 0 aliphatic rings. The zero-order valence-electron chi connectivity index (χ0n) is 9.87. The number of rotatable bonds is 5. The van der Waals surface area contributed by atoms with Crippen molar-refractivity contribution in [1.29, 1.82) is 0 Å². The molecule has 2 aromatic heterocycles. The molecule has 2 aromatic rings. The number of nitrogens with one attached hydrogen (secondary N) is 1. The molecule has 0 aliphatic carbocycles. The van der Waals surface area contributed by atoms with E-state index in [-0.39, 0.29) is 18.7 Å². The third-order valence-electron chi connectivity index (χ3n) is 2.18. The Kier molecular flexibility index (Phi) is 4.19. The summed E-state index contributed by atoms with van der Waals surface area (Å²) in [4.78, 5) is 30.3. The number of anilines is 1. The van der Waals surface area contributed by atoms with E-state index in [1.165, 1.54) is 11.3 Å². The summed E-state index contributed by atoms with van der Waals surface area (Å²) in [5, 5.41) is 13.5. The van der Waals surface area contributed by atoms with E-state index < -0.39 is 5.97 Å². The number of carbonyl (C=O) groups is 2. The zero-order valence-corrected chi connectivity index (χ0v) is 10.7. The van der Waals surface area contributed by atoms with Crippen molar-refractivity contribution in [2.45, 2.75) is 12.8 Å². The number of carbonyl (C=O) groups excluding carboxylic acids is 1. The molecule has 0 aromatic carbocycles. The Morgan fingerprint density at radius 1 is 1.32 bits per heavy atom. The molecule has 6 nitrogen and oxygen atoms in total. The van der Waals surface area contributed by atoms with Crippen molar-refractivity contribution in [1.82, 2.24) is 9.97 Å². The Hall–Kier alpha value is -2.28. The minimum atomic E-state index is -0.935. The van der Waals surface area contributed by atoms with Gasteiger partial charge in [0.1, 0.15) is 10.8 Å². The van der Waals surface area contributed by atoms with E-state index in [1.807, 2.05) is 0 Å². The Morgan fingerprint density at radius 2 is 2.16 bits per heavy atom. The zero-order chi connectivity index (χ0) is 13.7. The highest BCUT2D eigenvalue weighted by Gasteiger charge is 2.10. The van der Waals surface area contributed by atoms with Gasteiger partial charge in [0.15, 0.2) is 0 Å². The fourth-order valence-corrected chi connectivity index (χ4v) is 2.22. The summed E-state index contributed by atoms with van der Waals surface area (Å²) >= 11 is 1.27. The van der Waals surface area contributed by atoms with Gasteiger partial charge in [-0.25, -0.2) is 9.97 Å². The first-order valence-electron chi connectivity index (χ1n) is 5.49. The van der Waals surface area contributed by atoms with Gasteiger partial charge >= 0.3 is 5.97 Å². The summed E-state index contributed by atoms with van der Waals surface area (Å²) in [5.41, 5.74) is 0.470. The maximum absolute atomic E-state index is 11.7. The van der Waals surface area contributed by atoms with E-state index in [2.05, 4.69) is 15.3 Å². The molecule has 19 heavy (non-hydrogen) atoms. The molecule has 7 heteroatoms. The van der Waals surface area contributed by atoms with E-state index in [1.54, 1.807) is 29.8 Å². The van der Waals surface area contributed by atoms with Crippen molar-refractivity contribution < 1.29 is 14.7 Å². The molecule has 2 heterocycles. The van der Waals surface area contributed by atoms with Crippen LogP contribution in [0, 0.1) is 0 Å². The maximum atomic E-state index is 11.7. The van der Waals surface area contributed by atoms with Gasteiger partial charge in [-0.3, -0.25) is 9.59 Å². The third kappa shape index (κ3) is 4.14. The summed E-state index contributed by atoms with van der Waals surface area (Å²) in [5.74, 6) is -0.681. The van der Waals surface area contributed by atoms with Crippen molar-refractivity contribution in [3.63, 3.8) is 0 Å². The third-order valence-corrected chi connectivity index (χ3v) is 3.07. The molecule has 0 radical (unpaired) electrons. The molecule has 0 fully saturated rings. The number of aliphatic carboxylic acids is 1. The van der Waals surface area contributed by atoms with Crippen molar-refractivity contribution in [2.24, 2.45) is 0 Å². The number of amides is 1. The highest BCUT2D eigenvalue weighted by atomic mass is 32.1. The van der Waals surface area contributed by atoms with Crippen molar-refractivity contribution in [3.8, 4) is 0 Å². The number of pyridine rings is 1. The lowest BCUT2D eigenvalue weighted by molar-refractivity contribution is -0.136. The largest absolute Gasteiger partial charge is 0.481 e.